The van der Waals surface area contributed by atoms with E-state index in [1.165, 1.54) is 24.1 Å². The van der Waals surface area contributed by atoms with Crippen LogP contribution >= 0.6 is 0 Å². The smallest absolute Gasteiger partial charge is 0.0641 e. The Morgan fingerprint density at radius 2 is 2.00 bits per heavy atom. The minimum Gasteiger partial charge on any atom is -0.310 e. The van der Waals surface area contributed by atoms with Gasteiger partial charge >= 0.3 is 0 Å². The molecule has 1 saturated carbocycles. The average Bonchev–Trinajstić information content (AvgIpc) is 2.71. The van der Waals surface area contributed by atoms with Gasteiger partial charge in [0.2, 0.25) is 0 Å². The molecule has 0 spiro atoms. The molecule has 3 atom stereocenters. The largest absolute Gasteiger partial charge is 0.310 e. The molecule has 1 N–H and O–H groups in total. The molecule has 1 aromatic heterocycles. The van der Waals surface area contributed by atoms with Gasteiger partial charge in [-0.15, -0.1) is 0 Å². The first-order valence-corrected chi connectivity index (χ1v) is 6.73. The molecule has 0 aliphatic heterocycles. The molecule has 1 aromatic rings. The number of aryl methyl sites for hydroxylation is 2. The molecule has 2 rings (SSSR count). The number of nitrogens with zero attached hydrogens (tertiary/aromatic N) is 2. The van der Waals surface area contributed by atoms with E-state index in [4.69, 9.17) is 0 Å². The standard InChI is InChI=1S/C14H25N3/c1-9-6-7-14(10(9)2)15-8-13-11(3)16-17(5)12(13)4/h9-10,14-15H,6-8H2,1-5H3. The molecule has 17 heavy (non-hydrogen) atoms. The van der Waals surface area contributed by atoms with E-state index >= 15 is 0 Å². The molecule has 96 valence electrons. The van der Waals surface area contributed by atoms with Gasteiger partial charge in [0, 0.05) is 30.9 Å². The highest BCUT2D eigenvalue weighted by Gasteiger charge is 2.29. The Bertz CT molecular complexity index is 394. The average molecular weight is 235 g/mol. The molecule has 0 saturated heterocycles. The maximum absolute atomic E-state index is 4.47. The molecule has 1 aliphatic carbocycles. The summed E-state index contributed by atoms with van der Waals surface area (Å²) in [5, 5.41) is 8.19. The molecule has 1 aliphatic rings. The molecule has 0 bridgehead atoms. The van der Waals surface area contributed by atoms with Gasteiger partial charge in [-0.3, -0.25) is 4.68 Å². The summed E-state index contributed by atoms with van der Waals surface area (Å²) in [6.45, 7) is 9.96. The van der Waals surface area contributed by atoms with E-state index in [1.807, 2.05) is 11.7 Å². The molecule has 0 aromatic carbocycles. The summed E-state index contributed by atoms with van der Waals surface area (Å²) >= 11 is 0. The van der Waals surface area contributed by atoms with Crippen LogP contribution in [0.15, 0.2) is 0 Å². The lowest BCUT2D eigenvalue weighted by Gasteiger charge is -2.19. The summed E-state index contributed by atoms with van der Waals surface area (Å²) in [6, 6.07) is 0.684. The van der Waals surface area contributed by atoms with Gasteiger partial charge in [-0.05, 0) is 38.5 Å². The normalized spacial score (nSPS) is 28.9. The Balaban J connectivity index is 1.98. The predicted molar refractivity (Wildman–Crippen MR) is 70.9 cm³/mol. The van der Waals surface area contributed by atoms with Crippen molar-refractivity contribution in [2.24, 2.45) is 18.9 Å². The Hall–Kier alpha value is -0.830. The number of aromatic nitrogens is 2. The summed E-state index contributed by atoms with van der Waals surface area (Å²) in [4.78, 5) is 0. The van der Waals surface area contributed by atoms with Crippen LogP contribution in [0.3, 0.4) is 0 Å². The van der Waals surface area contributed by atoms with Crippen LogP contribution in [0.25, 0.3) is 0 Å². The highest BCUT2D eigenvalue weighted by molar-refractivity contribution is 5.24. The van der Waals surface area contributed by atoms with E-state index in [1.54, 1.807) is 0 Å². The Morgan fingerprint density at radius 1 is 1.29 bits per heavy atom. The highest BCUT2D eigenvalue weighted by Crippen LogP contribution is 2.31. The van der Waals surface area contributed by atoms with Gasteiger partial charge in [0.15, 0.2) is 0 Å². The molecular formula is C14H25N3. The second-order valence-electron chi connectivity index (χ2n) is 5.67. The zero-order valence-electron chi connectivity index (χ0n) is 11.7. The molecule has 3 unspecified atom stereocenters. The topological polar surface area (TPSA) is 29.9 Å². The second-order valence-corrected chi connectivity index (χ2v) is 5.67. The van der Waals surface area contributed by atoms with E-state index in [9.17, 15) is 0 Å². The van der Waals surface area contributed by atoms with Crippen molar-refractivity contribution in [3.05, 3.63) is 17.0 Å². The Kier molecular flexibility index (Phi) is 3.57. The zero-order chi connectivity index (χ0) is 12.6. The van der Waals surface area contributed by atoms with Crippen molar-refractivity contribution in [1.29, 1.82) is 0 Å². The molecule has 0 radical (unpaired) electrons. The van der Waals surface area contributed by atoms with E-state index in [0.29, 0.717) is 6.04 Å². The van der Waals surface area contributed by atoms with Crippen molar-refractivity contribution in [1.82, 2.24) is 15.1 Å². The van der Waals surface area contributed by atoms with Crippen molar-refractivity contribution in [2.75, 3.05) is 0 Å². The number of rotatable bonds is 3. The third-order valence-electron chi connectivity index (χ3n) is 4.67. The maximum atomic E-state index is 4.47. The first kappa shape index (κ1) is 12.6. The summed E-state index contributed by atoms with van der Waals surface area (Å²) in [7, 11) is 2.02. The number of nitrogens with one attached hydrogen (secondary N) is 1. The van der Waals surface area contributed by atoms with Crippen LogP contribution in [0.4, 0.5) is 0 Å². The lowest BCUT2D eigenvalue weighted by atomic mass is 9.97. The van der Waals surface area contributed by atoms with Crippen LogP contribution in [-0.2, 0) is 13.6 Å². The van der Waals surface area contributed by atoms with Gasteiger partial charge < -0.3 is 5.32 Å². The van der Waals surface area contributed by atoms with Crippen LogP contribution in [0.1, 0.15) is 43.6 Å². The lowest BCUT2D eigenvalue weighted by Crippen LogP contribution is -2.32. The third-order valence-corrected chi connectivity index (χ3v) is 4.67. The summed E-state index contributed by atoms with van der Waals surface area (Å²) in [5.74, 6) is 1.66. The van der Waals surface area contributed by atoms with E-state index < -0.39 is 0 Å². The quantitative estimate of drug-likeness (QED) is 0.872. The Labute approximate surface area is 105 Å². The fraction of sp³-hybridized carbons (Fsp3) is 0.786. The number of hydrogen-bond donors (Lipinski definition) is 1. The van der Waals surface area contributed by atoms with E-state index in [-0.39, 0.29) is 0 Å². The van der Waals surface area contributed by atoms with Crippen molar-refractivity contribution in [3.63, 3.8) is 0 Å². The Morgan fingerprint density at radius 3 is 2.47 bits per heavy atom. The van der Waals surface area contributed by atoms with Crippen molar-refractivity contribution < 1.29 is 0 Å². The predicted octanol–water partition coefficient (Wildman–Crippen LogP) is 2.56. The van der Waals surface area contributed by atoms with Crippen LogP contribution < -0.4 is 5.32 Å². The minimum absolute atomic E-state index is 0.684. The van der Waals surface area contributed by atoms with Crippen molar-refractivity contribution in [2.45, 2.75) is 53.1 Å². The first-order valence-electron chi connectivity index (χ1n) is 6.73. The summed E-state index contributed by atoms with van der Waals surface area (Å²) in [5.41, 5.74) is 3.82. The molecule has 3 nitrogen and oxygen atoms in total. The minimum atomic E-state index is 0.684. The number of hydrogen-bond acceptors (Lipinski definition) is 2. The van der Waals surface area contributed by atoms with Crippen LogP contribution in [0.5, 0.6) is 0 Å². The lowest BCUT2D eigenvalue weighted by molar-refractivity contribution is 0.369. The van der Waals surface area contributed by atoms with Gasteiger partial charge in [0.25, 0.3) is 0 Å². The second kappa shape index (κ2) is 4.81. The van der Waals surface area contributed by atoms with Gasteiger partial charge in [-0.1, -0.05) is 13.8 Å². The first-order chi connectivity index (χ1) is 8.00. The summed E-state index contributed by atoms with van der Waals surface area (Å²) in [6.07, 6.45) is 2.69. The van der Waals surface area contributed by atoms with Crippen LogP contribution in [0, 0.1) is 25.7 Å². The van der Waals surface area contributed by atoms with Crippen molar-refractivity contribution in [3.8, 4) is 0 Å². The van der Waals surface area contributed by atoms with Crippen LogP contribution in [0.2, 0.25) is 0 Å². The third kappa shape index (κ3) is 2.39. The van der Waals surface area contributed by atoms with E-state index in [2.05, 4.69) is 38.1 Å². The molecule has 0 amide bonds. The van der Waals surface area contributed by atoms with E-state index in [0.717, 1.165) is 24.1 Å². The SMILES string of the molecule is Cc1nn(C)c(C)c1CNC1CCC(C)C1C. The van der Waals surface area contributed by atoms with Gasteiger partial charge in [-0.25, -0.2) is 0 Å². The molecular weight excluding hydrogens is 210 g/mol. The fourth-order valence-electron chi connectivity index (χ4n) is 2.96. The molecule has 3 heteroatoms. The van der Waals surface area contributed by atoms with Gasteiger partial charge in [0.05, 0.1) is 5.69 Å². The van der Waals surface area contributed by atoms with Crippen molar-refractivity contribution >= 4 is 0 Å². The van der Waals surface area contributed by atoms with Gasteiger partial charge in [-0.2, -0.15) is 5.10 Å². The monoisotopic (exact) mass is 235 g/mol. The highest BCUT2D eigenvalue weighted by atomic mass is 15.3. The molecule has 1 fully saturated rings. The fourth-order valence-corrected chi connectivity index (χ4v) is 2.96. The van der Waals surface area contributed by atoms with Gasteiger partial charge in [0.1, 0.15) is 0 Å². The summed E-state index contributed by atoms with van der Waals surface area (Å²) < 4.78 is 1.98. The molecule has 1 heterocycles. The maximum Gasteiger partial charge on any atom is 0.0641 e. The zero-order valence-corrected chi connectivity index (χ0v) is 11.7. The van der Waals surface area contributed by atoms with Crippen LogP contribution in [-0.4, -0.2) is 15.8 Å².